The number of fused-ring (bicyclic) bond motifs is 3. The summed E-state index contributed by atoms with van der Waals surface area (Å²) in [6.07, 6.45) is 1.88. The largest absolute Gasteiger partial charge is 0.383 e. The number of aromatic nitrogens is 4. The number of thioether (sulfide) groups is 1. The van der Waals surface area contributed by atoms with Crippen LogP contribution in [0.2, 0.25) is 0 Å². The van der Waals surface area contributed by atoms with Gasteiger partial charge in [-0.25, -0.2) is 9.97 Å². The van der Waals surface area contributed by atoms with E-state index in [9.17, 15) is 4.79 Å². The van der Waals surface area contributed by atoms with Crippen LogP contribution in [0.3, 0.4) is 0 Å². The van der Waals surface area contributed by atoms with Crippen molar-refractivity contribution in [2.75, 3.05) is 39.2 Å². The summed E-state index contributed by atoms with van der Waals surface area (Å²) < 4.78 is 0. The van der Waals surface area contributed by atoms with E-state index in [1.807, 2.05) is 37.4 Å². The van der Waals surface area contributed by atoms with Gasteiger partial charge in [0.25, 0.3) is 5.91 Å². The molecule has 1 amide bonds. The maximum absolute atomic E-state index is 12.4. The number of carbonyl (C=O) groups is 1. The molecule has 0 atom stereocenters. The normalized spacial score (nSPS) is 11.5. The van der Waals surface area contributed by atoms with Crippen LogP contribution >= 0.6 is 11.8 Å². The lowest BCUT2D eigenvalue weighted by Crippen LogP contribution is -2.31. The van der Waals surface area contributed by atoms with Crippen LogP contribution in [0.15, 0.2) is 17.3 Å². The van der Waals surface area contributed by atoms with Crippen molar-refractivity contribution < 1.29 is 4.79 Å². The number of amides is 1. The van der Waals surface area contributed by atoms with Crippen molar-refractivity contribution in [3.05, 3.63) is 17.8 Å². The summed E-state index contributed by atoms with van der Waals surface area (Å²) in [5, 5.41) is 12.0. The van der Waals surface area contributed by atoms with E-state index in [1.165, 1.54) is 11.8 Å². The predicted octanol–water partition coefficient (Wildman–Crippen LogP) is 1.10. The molecule has 9 heteroatoms. The third-order valence-electron chi connectivity index (χ3n) is 3.65. The Morgan fingerprint density at radius 3 is 2.75 bits per heavy atom. The average molecular weight is 345 g/mol. The first kappa shape index (κ1) is 16.5. The Balaban J connectivity index is 2.02. The van der Waals surface area contributed by atoms with Crippen molar-refractivity contribution in [2.24, 2.45) is 0 Å². The Hall–Kier alpha value is -2.39. The lowest BCUT2D eigenvalue weighted by molar-refractivity contribution is 0.0947. The topological polar surface area (TPSA) is 113 Å². The molecule has 2 aromatic heterocycles. The molecule has 0 radical (unpaired) electrons. The fourth-order valence-electron chi connectivity index (χ4n) is 2.42. The van der Waals surface area contributed by atoms with Gasteiger partial charge in [0.2, 0.25) is 0 Å². The zero-order valence-corrected chi connectivity index (χ0v) is 14.6. The highest BCUT2D eigenvalue weighted by Crippen LogP contribution is 2.28. The molecule has 0 aliphatic heterocycles. The third kappa shape index (κ3) is 3.00. The van der Waals surface area contributed by atoms with Crippen molar-refractivity contribution in [1.82, 2.24) is 30.4 Å². The first-order chi connectivity index (χ1) is 11.5. The molecule has 0 aliphatic carbocycles. The standard InChI is InChI=1S/C15H19N7OS/c1-22(2)7-6-17-14(23)12-8-4-5-9-10(11(8)20-21-12)18-15(24-3)19-13(9)16/h4-5H,6-7H2,1-3H3,(H,17,23)(H,20,21)(H2,16,18,19). The van der Waals surface area contributed by atoms with Crippen LogP contribution < -0.4 is 11.1 Å². The quantitative estimate of drug-likeness (QED) is 0.469. The first-order valence-electron chi connectivity index (χ1n) is 7.42. The minimum atomic E-state index is -0.189. The van der Waals surface area contributed by atoms with Crippen LogP contribution in [0.25, 0.3) is 21.8 Å². The van der Waals surface area contributed by atoms with Crippen LogP contribution in [-0.2, 0) is 0 Å². The van der Waals surface area contributed by atoms with Gasteiger partial charge in [-0.05, 0) is 32.5 Å². The second kappa shape index (κ2) is 6.62. The van der Waals surface area contributed by atoms with Gasteiger partial charge in [-0.2, -0.15) is 5.10 Å². The number of carbonyl (C=O) groups excluding carboxylic acids is 1. The number of nitrogens with zero attached hydrogens (tertiary/aromatic N) is 4. The van der Waals surface area contributed by atoms with Crippen molar-refractivity contribution in [2.45, 2.75) is 5.16 Å². The summed E-state index contributed by atoms with van der Waals surface area (Å²) in [5.74, 6) is 0.219. The first-order valence-corrected chi connectivity index (χ1v) is 8.65. The molecule has 0 bridgehead atoms. The lowest BCUT2D eigenvalue weighted by Gasteiger charge is -2.09. The van der Waals surface area contributed by atoms with Gasteiger partial charge in [-0.15, -0.1) is 0 Å². The Bertz CT molecular complexity index is 906. The van der Waals surface area contributed by atoms with Crippen LogP contribution in [0.1, 0.15) is 10.5 Å². The van der Waals surface area contributed by atoms with Gasteiger partial charge in [0.1, 0.15) is 22.5 Å². The molecule has 1 aromatic carbocycles. The van der Waals surface area contributed by atoms with E-state index in [2.05, 4.69) is 25.5 Å². The van der Waals surface area contributed by atoms with Crippen molar-refractivity contribution in [3.8, 4) is 0 Å². The number of anilines is 1. The second-order valence-electron chi connectivity index (χ2n) is 5.61. The van der Waals surface area contributed by atoms with E-state index in [4.69, 9.17) is 5.73 Å². The molecule has 126 valence electrons. The number of hydrogen-bond acceptors (Lipinski definition) is 7. The number of nitrogen functional groups attached to an aromatic ring is 1. The molecule has 0 fully saturated rings. The summed E-state index contributed by atoms with van der Waals surface area (Å²) in [6, 6.07) is 3.64. The SMILES string of the molecule is CSc1nc(N)c2ccc3c(C(=O)NCCN(C)C)[nH]nc3c2n1. The molecule has 0 unspecified atom stereocenters. The number of H-pyrrole nitrogens is 1. The van der Waals surface area contributed by atoms with Crippen molar-refractivity contribution in [1.29, 1.82) is 0 Å². The Morgan fingerprint density at radius 2 is 2.04 bits per heavy atom. The van der Waals surface area contributed by atoms with E-state index >= 15 is 0 Å². The molecule has 8 nitrogen and oxygen atoms in total. The van der Waals surface area contributed by atoms with Gasteiger partial charge in [-0.3, -0.25) is 9.89 Å². The summed E-state index contributed by atoms with van der Waals surface area (Å²) in [6.45, 7) is 1.33. The Labute approximate surface area is 143 Å². The number of nitrogens with two attached hydrogens (primary N) is 1. The molecule has 0 spiro atoms. The number of rotatable bonds is 5. The molecule has 2 heterocycles. The lowest BCUT2D eigenvalue weighted by atomic mass is 10.1. The minimum Gasteiger partial charge on any atom is -0.383 e. The molecule has 3 rings (SSSR count). The molecule has 0 saturated carbocycles. The summed E-state index contributed by atoms with van der Waals surface area (Å²) in [7, 11) is 3.91. The molecule has 0 aliphatic rings. The van der Waals surface area contributed by atoms with Gasteiger partial charge in [-0.1, -0.05) is 11.8 Å². The van der Waals surface area contributed by atoms with E-state index in [1.54, 1.807) is 0 Å². The third-order valence-corrected chi connectivity index (χ3v) is 4.20. The van der Waals surface area contributed by atoms with Crippen molar-refractivity contribution >= 4 is 45.3 Å². The van der Waals surface area contributed by atoms with Crippen LogP contribution in [0, 0.1) is 0 Å². The highest BCUT2D eigenvalue weighted by molar-refractivity contribution is 7.98. The molecule has 3 aromatic rings. The molecular formula is C15H19N7OS. The maximum Gasteiger partial charge on any atom is 0.269 e. The van der Waals surface area contributed by atoms with E-state index in [-0.39, 0.29) is 5.91 Å². The monoisotopic (exact) mass is 345 g/mol. The molecule has 0 saturated heterocycles. The minimum absolute atomic E-state index is 0.189. The molecule has 24 heavy (non-hydrogen) atoms. The van der Waals surface area contributed by atoms with Crippen LogP contribution in [-0.4, -0.2) is 64.4 Å². The van der Waals surface area contributed by atoms with Crippen molar-refractivity contribution in [3.63, 3.8) is 0 Å². The summed E-state index contributed by atoms with van der Waals surface area (Å²) in [5.41, 5.74) is 7.69. The number of likely N-dealkylation sites (N-methyl/N-ethyl adjacent to an activating group) is 1. The van der Waals surface area contributed by atoms with E-state index in [0.29, 0.717) is 34.2 Å². The van der Waals surface area contributed by atoms with E-state index < -0.39 is 0 Å². The Kier molecular flexibility index (Phi) is 4.54. The van der Waals surface area contributed by atoms with E-state index in [0.717, 1.165) is 17.3 Å². The maximum atomic E-state index is 12.4. The number of hydrogen-bond donors (Lipinski definition) is 3. The zero-order valence-electron chi connectivity index (χ0n) is 13.8. The number of aromatic amines is 1. The Morgan fingerprint density at radius 1 is 1.29 bits per heavy atom. The van der Waals surface area contributed by atoms with Crippen LogP contribution in [0.5, 0.6) is 0 Å². The van der Waals surface area contributed by atoms with Gasteiger partial charge < -0.3 is 16.0 Å². The fraction of sp³-hybridized carbons (Fsp3) is 0.333. The number of benzene rings is 1. The predicted molar refractivity (Wildman–Crippen MR) is 96.3 cm³/mol. The summed E-state index contributed by atoms with van der Waals surface area (Å²) >= 11 is 1.41. The fourth-order valence-corrected chi connectivity index (χ4v) is 2.79. The summed E-state index contributed by atoms with van der Waals surface area (Å²) in [4.78, 5) is 23.1. The second-order valence-corrected chi connectivity index (χ2v) is 6.38. The van der Waals surface area contributed by atoms with Gasteiger partial charge in [0.05, 0.1) is 0 Å². The number of nitrogens with one attached hydrogen (secondary N) is 2. The van der Waals surface area contributed by atoms with Gasteiger partial charge >= 0.3 is 0 Å². The highest BCUT2D eigenvalue weighted by Gasteiger charge is 2.17. The van der Waals surface area contributed by atoms with Gasteiger partial charge in [0.15, 0.2) is 5.16 Å². The molecule has 4 N–H and O–H groups in total. The average Bonchev–Trinajstić information content (AvgIpc) is 2.98. The zero-order chi connectivity index (χ0) is 17.3. The van der Waals surface area contributed by atoms with Crippen LogP contribution in [0.4, 0.5) is 5.82 Å². The molecular weight excluding hydrogens is 326 g/mol. The highest BCUT2D eigenvalue weighted by atomic mass is 32.2. The smallest absolute Gasteiger partial charge is 0.269 e. The van der Waals surface area contributed by atoms with Gasteiger partial charge in [0, 0.05) is 23.9 Å².